The third-order valence-electron chi connectivity index (χ3n) is 3.26. The van der Waals surface area contributed by atoms with Crippen LogP contribution in [0, 0.1) is 10.1 Å². The Kier molecular flexibility index (Phi) is 8.04. The zero-order valence-electron chi connectivity index (χ0n) is 12.0. The molecule has 0 aliphatic rings. The molecular formula is C15H23ClN2O2. The van der Waals surface area contributed by atoms with Crippen molar-refractivity contribution in [3.63, 3.8) is 0 Å². The average molecular weight is 299 g/mol. The molecule has 0 atom stereocenters. The highest BCUT2D eigenvalue weighted by molar-refractivity contribution is 6.33. The molecule has 0 unspecified atom stereocenters. The second-order valence-electron chi connectivity index (χ2n) is 4.97. The Morgan fingerprint density at radius 2 is 1.80 bits per heavy atom. The lowest BCUT2D eigenvalue weighted by Crippen LogP contribution is -2.02. The molecule has 0 heterocycles. The van der Waals surface area contributed by atoms with Crippen LogP contribution in [0.1, 0.15) is 51.9 Å². The van der Waals surface area contributed by atoms with E-state index < -0.39 is 4.92 Å². The molecule has 0 spiro atoms. The minimum Gasteiger partial charge on any atom is -0.384 e. The minimum atomic E-state index is -0.439. The van der Waals surface area contributed by atoms with Gasteiger partial charge in [-0.15, -0.1) is 0 Å². The van der Waals surface area contributed by atoms with E-state index in [1.165, 1.54) is 50.7 Å². The van der Waals surface area contributed by atoms with Gasteiger partial charge in [0.2, 0.25) is 0 Å². The van der Waals surface area contributed by atoms with Crippen molar-refractivity contribution in [3.05, 3.63) is 33.3 Å². The van der Waals surface area contributed by atoms with Crippen LogP contribution in [0.25, 0.3) is 0 Å². The van der Waals surface area contributed by atoms with Crippen molar-refractivity contribution in [3.8, 4) is 0 Å². The maximum Gasteiger partial charge on any atom is 0.271 e. The molecule has 0 radical (unpaired) electrons. The first-order chi connectivity index (χ1) is 9.65. The molecule has 0 bridgehead atoms. The maximum absolute atomic E-state index is 10.6. The number of nitrogens with one attached hydrogen (secondary N) is 1. The van der Waals surface area contributed by atoms with Gasteiger partial charge in [0, 0.05) is 18.7 Å². The molecular weight excluding hydrogens is 276 g/mol. The highest BCUT2D eigenvalue weighted by Crippen LogP contribution is 2.26. The number of non-ortho nitro benzene ring substituents is 1. The molecule has 0 fully saturated rings. The summed E-state index contributed by atoms with van der Waals surface area (Å²) < 4.78 is 0. The number of nitro benzene ring substituents is 1. The van der Waals surface area contributed by atoms with Crippen molar-refractivity contribution >= 4 is 23.0 Å². The first-order valence-corrected chi connectivity index (χ1v) is 7.70. The first-order valence-electron chi connectivity index (χ1n) is 7.33. The lowest BCUT2D eigenvalue weighted by Gasteiger charge is -2.08. The summed E-state index contributed by atoms with van der Waals surface area (Å²) in [7, 11) is 0. The summed E-state index contributed by atoms with van der Waals surface area (Å²) in [6.07, 6.45) is 8.83. The molecule has 0 saturated carbocycles. The Morgan fingerprint density at radius 1 is 1.15 bits per heavy atom. The summed E-state index contributed by atoms with van der Waals surface area (Å²) >= 11 is 6.00. The molecule has 5 heteroatoms. The van der Waals surface area contributed by atoms with E-state index >= 15 is 0 Å². The van der Waals surface area contributed by atoms with Gasteiger partial charge in [-0.2, -0.15) is 0 Å². The van der Waals surface area contributed by atoms with Crippen LogP contribution in [0.4, 0.5) is 11.4 Å². The van der Waals surface area contributed by atoms with E-state index in [9.17, 15) is 10.1 Å². The molecule has 0 saturated heterocycles. The lowest BCUT2D eigenvalue weighted by molar-refractivity contribution is -0.384. The van der Waals surface area contributed by atoms with E-state index in [0.29, 0.717) is 5.02 Å². The SMILES string of the molecule is CCCCCCCCCNc1ccc([N+](=O)[O-])cc1Cl. The highest BCUT2D eigenvalue weighted by Gasteiger charge is 2.08. The molecule has 1 rings (SSSR count). The van der Waals surface area contributed by atoms with Crippen molar-refractivity contribution in [2.24, 2.45) is 0 Å². The van der Waals surface area contributed by atoms with E-state index in [-0.39, 0.29) is 5.69 Å². The molecule has 1 aromatic carbocycles. The Bertz CT molecular complexity index is 424. The van der Waals surface area contributed by atoms with Gasteiger partial charge in [0.1, 0.15) is 0 Å². The van der Waals surface area contributed by atoms with Crippen LogP contribution < -0.4 is 5.32 Å². The molecule has 0 amide bonds. The molecule has 20 heavy (non-hydrogen) atoms. The second kappa shape index (κ2) is 9.59. The number of anilines is 1. The monoisotopic (exact) mass is 298 g/mol. The fourth-order valence-electron chi connectivity index (χ4n) is 2.07. The van der Waals surface area contributed by atoms with Crippen molar-refractivity contribution < 1.29 is 4.92 Å². The summed E-state index contributed by atoms with van der Waals surface area (Å²) in [5.74, 6) is 0. The Balaban J connectivity index is 2.20. The third kappa shape index (κ3) is 6.24. The minimum absolute atomic E-state index is 0.0245. The Hall–Kier alpha value is -1.29. The fraction of sp³-hybridized carbons (Fsp3) is 0.600. The second-order valence-corrected chi connectivity index (χ2v) is 5.38. The smallest absolute Gasteiger partial charge is 0.271 e. The van der Waals surface area contributed by atoms with E-state index in [0.717, 1.165) is 18.7 Å². The number of hydrogen-bond acceptors (Lipinski definition) is 3. The number of nitro groups is 1. The van der Waals surface area contributed by atoms with Crippen molar-refractivity contribution in [2.75, 3.05) is 11.9 Å². The van der Waals surface area contributed by atoms with Crippen LogP contribution in [-0.4, -0.2) is 11.5 Å². The molecule has 4 nitrogen and oxygen atoms in total. The van der Waals surface area contributed by atoms with Crippen molar-refractivity contribution in [2.45, 2.75) is 51.9 Å². The van der Waals surface area contributed by atoms with Crippen LogP contribution in [0.5, 0.6) is 0 Å². The summed E-state index contributed by atoms with van der Waals surface area (Å²) in [5, 5.41) is 14.2. The fourth-order valence-corrected chi connectivity index (χ4v) is 2.31. The van der Waals surface area contributed by atoms with E-state index in [4.69, 9.17) is 11.6 Å². The van der Waals surface area contributed by atoms with Crippen LogP contribution in [0.2, 0.25) is 5.02 Å². The average Bonchev–Trinajstić information content (AvgIpc) is 2.43. The molecule has 1 aromatic rings. The van der Waals surface area contributed by atoms with Gasteiger partial charge in [-0.1, -0.05) is 57.0 Å². The van der Waals surface area contributed by atoms with Gasteiger partial charge in [-0.25, -0.2) is 0 Å². The molecule has 0 aliphatic heterocycles. The molecule has 0 aliphatic carbocycles. The predicted molar refractivity (Wildman–Crippen MR) is 84.6 cm³/mol. The summed E-state index contributed by atoms with van der Waals surface area (Å²) in [6, 6.07) is 4.52. The van der Waals surface area contributed by atoms with E-state index in [1.807, 2.05) is 0 Å². The number of halogens is 1. The normalized spacial score (nSPS) is 10.5. The number of unbranched alkanes of at least 4 members (excludes halogenated alkanes) is 6. The van der Waals surface area contributed by atoms with Gasteiger partial charge >= 0.3 is 0 Å². The van der Waals surface area contributed by atoms with Crippen molar-refractivity contribution in [1.82, 2.24) is 0 Å². The number of benzene rings is 1. The van der Waals surface area contributed by atoms with Crippen LogP contribution >= 0.6 is 11.6 Å². The summed E-state index contributed by atoms with van der Waals surface area (Å²) in [6.45, 7) is 3.07. The van der Waals surface area contributed by atoms with Gasteiger partial charge < -0.3 is 5.32 Å². The van der Waals surface area contributed by atoms with Gasteiger partial charge in [0.25, 0.3) is 5.69 Å². The zero-order valence-corrected chi connectivity index (χ0v) is 12.8. The van der Waals surface area contributed by atoms with Gasteiger partial charge in [0.05, 0.1) is 15.6 Å². The van der Waals surface area contributed by atoms with E-state index in [1.54, 1.807) is 6.07 Å². The summed E-state index contributed by atoms with van der Waals surface area (Å²) in [5.41, 5.74) is 0.791. The highest BCUT2D eigenvalue weighted by atomic mass is 35.5. The van der Waals surface area contributed by atoms with Crippen molar-refractivity contribution in [1.29, 1.82) is 0 Å². The van der Waals surface area contributed by atoms with Gasteiger partial charge in [-0.05, 0) is 12.5 Å². The number of rotatable bonds is 10. The topological polar surface area (TPSA) is 55.2 Å². The standard InChI is InChI=1S/C15H23ClN2O2/c1-2-3-4-5-6-7-8-11-17-15-10-9-13(18(19)20)12-14(15)16/h9-10,12,17H,2-8,11H2,1H3. The zero-order chi connectivity index (χ0) is 14.8. The van der Waals surface area contributed by atoms with Gasteiger partial charge in [-0.3, -0.25) is 10.1 Å². The Labute approximate surface area is 125 Å². The van der Waals surface area contributed by atoms with Crippen LogP contribution in [0.15, 0.2) is 18.2 Å². The summed E-state index contributed by atoms with van der Waals surface area (Å²) in [4.78, 5) is 10.2. The van der Waals surface area contributed by atoms with Gasteiger partial charge in [0.15, 0.2) is 0 Å². The van der Waals surface area contributed by atoms with E-state index in [2.05, 4.69) is 12.2 Å². The molecule has 0 aromatic heterocycles. The molecule has 112 valence electrons. The van der Waals surface area contributed by atoms with Crippen LogP contribution in [-0.2, 0) is 0 Å². The first kappa shape index (κ1) is 16.8. The Morgan fingerprint density at radius 3 is 2.40 bits per heavy atom. The number of nitrogens with zero attached hydrogens (tertiary/aromatic N) is 1. The number of hydrogen-bond donors (Lipinski definition) is 1. The lowest BCUT2D eigenvalue weighted by atomic mass is 10.1. The third-order valence-corrected chi connectivity index (χ3v) is 3.57. The molecule has 1 N–H and O–H groups in total. The maximum atomic E-state index is 10.6. The van der Waals surface area contributed by atoms with Crippen LogP contribution in [0.3, 0.4) is 0 Å². The quantitative estimate of drug-likeness (QED) is 0.357. The predicted octanol–water partition coefficient (Wildman–Crippen LogP) is 5.41. The largest absolute Gasteiger partial charge is 0.384 e.